The molecule has 2 heteroatoms. The smallest absolute Gasteiger partial charge is 0.114 e. The van der Waals surface area contributed by atoms with Gasteiger partial charge in [0.15, 0.2) is 0 Å². The maximum atomic E-state index is 5.38. The zero-order chi connectivity index (χ0) is 6.74. The fourth-order valence-corrected chi connectivity index (χ4v) is 0.936. The third kappa shape index (κ3) is 1.25. The van der Waals surface area contributed by atoms with E-state index in [0.717, 1.165) is 19.6 Å². The van der Waals surface area contributed by atoms with Crippen molar-refractivity contribution < 1.29 is 9.47 Å². The van der Waals surface area contributed by atoms with Gasteiger partial charge >= 0.3 is 0 Å². The Hall–Kier alpha value is -0.0800. The topological polar surface area (TPSA) is 18.5 Å². The maximum Gasteiger partial charge on any atom is 0.114 e. The van der Waals surface area contributed by atoms with Gasteiger partial charge in [-0.2, -0.15) is 0 Å². The van der Waals surface area contributed by atoms with Gasteiger partial charge in [0, 0.05) is 6.61 Å². The van der Waals surface area contributed by atoms with E-state index in [2.05, 4.69) is 13.8 Å². The van der Waals surface area contributed by atoms with Crippen molar-refractivity contribution in [1.29, 1.82) is 0 Å². The molecule has 1 fully saturated rings. The number of rotatable bonds is 3. The van der Waals surface area contributed by atoms with Crippen molar-refractivity contribution in [3.8, 4) is 0 Å². The summed E-state index contributed by atoms with van der Waals surface area (Å²) in [6.07, 6.45) is 1.03. The second kappa shape index (κ2) is 2.67. The van der Waals surface area contributed by atoms with Gasteiger partial charge in [-0.15, -0.1) is 0 Å². The maximum absolute atomic E-state index is 5.38. The number of hydrogen-bond acceptors (Lipinski definition) is 2. The van der Waals surface area contributed by atoms with Crippen molar-refractivity contribution in [2.45, 2.75) is 18.9 Å². The predicted molar refractivity (Wildman–Crippen MR) is 35.1 cm³/mol. The minimum Gasteiger partial charge on any atom is -0.375 e. The summed E-state index contributed by atoms with van der Waals surface area (Å²) in [4.78, 5) is 0. The molecule has 1 heterocycles. The van der Waals surface area contributed by atoms with Gasteiger partial charge in [-0.1, -0.05) is 6.92 Å². The van der Waals surface area contributed by atoms with Gasteiger partial charge in [0.2, 0.25) is 0 Å². The summed E-state index contributed by atoms with van der Waals surface area (Å²) in [6, 6.07) is 0. The van der Waals surface area contributed by atoms with Crippen LogP contribution in [0.2, 0.25) is 0 Å². The fraction of sp³-hybridized carbons (Fsp3) is 0.857. The van der Waals surface area contributed by atoms with Crippen molar-refractivity contribution in [3.63, 3.8) is 0 Å². The highest BCUT2D eigenvalue weighted by Gasteiger charge is 2.37. The quantitative estimate of drug-likeness (QED) is 0.566. The normalized spacial score (nSPS) is 23.3. The van der Waals surface area contributed by atoms with Gasteiger partial charge in [0.25, 0.3) is 0 Å². The SMILES string of the molecule is [CH2]COC1(CC)COC1. The molecular weight excluding hydrogens is 116 g/mol. The lowest BCUT2D eigenvalue weighted by Crippen LogP contribution is -2.51. The van der Waals surface area contributed by atoms with E-state index in [1.54, 1.807) is 0 Å². The molecule has 0 bridgehead atoms. The molecule has 0 saturated carbocycles. The van der Waals surface area contributed by atoms with E-state index in [9.17, 15) is 0 Å². The molecule has 53 valence electrons. The van der Waals surface area contributed by atoms with Crippen LogP contribution >= 0.6 is 0 Å². The summed E-state index contributed by atoms with van der Waals surface area (Å²) in [5, 5.41) is 0. The van der Waals surface area contributed by atoms with Crippen LogP contribution in [0, 0.1) is 6.92 Å². The van der Waals surface area contributed by atoms with E-state index in [4.69, 9.17) is 9.47 Å². The second-order valence-corrected chi connectivity index (χ2v) is 2.38. The van der Waals surface area contributed by atoms with Crippen molar-refractivity contribution in [2.75, 3.05) is 19.8 Å². The van der Waals surface area contributed by atoms with E-state index >= 15 is 0 Å². The Kier molecular flexibility index (Phi) is 2.09. The fourth-order valence-electron chi connectivity index (χ4n) is 0.936. The first kappa shape index (κ1) is 7.03. The lowest BCUT2D eigenvalue weighted by Gasteiger charge is -2.40. The first-order chi connectivity index (χ1) is 4.33. The largest absolute Gasteiger partial charge is 0.375 e. The summed E-state index contributed by atoms with van der Waals surface area (Å²) in [6.45, 7) is 7.78. The van der Waals surface area contributed by atoms with Crippen molar-refractivity contribution in [3.05, 3.63) is 6.92 Å². The van der Waals surface area contributed by atoms with Crippen molar-refractivity contribution in [1.82, 2.24) is 0 Å². The third-order valence-corrected chi connectivity index (χ3v) is 1.78. The van der Waals surface area contributed by atoms with Gasteiger partial charge in [-0.05, 0) is 13.3 Å². The highest BCUT2D eigenvalue weighted by molar-refractivity contribution is 4.85. The summed E-state index contributed by atoms with van der Waals surface area (Å²) >= 11 is 0. The standard InChI is InChI=1S/C7H13O2/c1-3-7(9-4-2)5-8-6-7/h2-6H2,1H3. The molecule has 0 aromatic rings. The summed E-state index contributed by atoms with van der Waals surface area (Å²) in [7, 11) is 0. The van der Waals surface area contributed by atoms with Crippen LogP contribution in [0.3, 0.4) is 0 Å². The van der Waals surface area contributed by atoms with E-state index in [1.165, 1.54) is 0 Å². The van der Waals surface area contributed by atoms with Crippen LogP contribution in [0.25, 0.3) is 0 Å². The zero-order valence-corrected chi connectivity index (χ0v) is 5.85. The summed E-state index contributed by atoms with van der Waals surface area (Å²) in [5.41, 5.74) is 0.0295. The number of ether oxygens (including phenoxy) is 2. The lowest BCUT2D eigenvalue weighted by molar-refractivity contribution is -0.205. The highest BCUT2D eigenvalue weighted by atomic mass is 16.6. The molecule has 0 amide bonds. The van der Waals surface area contributed by atoms with Gasteiger partial charge in [0.05, 0.1) is 13.2 Å². The van der Waals surface area contributed by atoms with Crippen LogP contribution in [-0.2, 0) is 9.47 Å². The molecule has 0 N–H and O–H groups in total. The Labute approximate surface area is 56.2 Å². The predicted octanol–water partition coefficient (Wildman–Crippen LogP) is 1.02. The lowest BCUT2D eigenvalue weighted by atomic mass is 9.99. The molecular formula is C7H13O2. The molecule has 0 aliphatic carbocycles. The Bertz CT molecular complexity index is 81.4. The number of hydrogen-bond donors (Lipinski definition) is 0. The average molecular weight is 129 g/mol. The molecule has 2 nitrogen and oxygen atoms in total. The molecule has 0 aromatic carbocycles. The Morgan fingerprint density at radius 1 is 1.67 bits per heavy atom. The van der Waals surface area contributed by atoms with Crippen LogP contribution < -0.4 is 0 Å². The van der Waals surface area contributed by atoms with Crippen LogP contribution in [0.1, 0.15) is 13.3 Å². The van der Waals surface area contributed by atoms with E-state index in [0.29, 0.717) is 6.61 Å². The summed E-state index contributed by atoms with van der Waals surface area (Å²) < 4.78 is 10.4. The molecule has 1 aliphatic heterocycles. The van der Waals surface area contributed by atoms with E-state index < -0.39 is 0 Å². The zero-order valence-electron chi connectivity index (χ0n) is 5.85. The highest BCUT2D eigenvalue weighted by Crippen LogP contribution is 2.24. The van der Waals surface area contributed by atoms with Crippen LogP contribution in [-0.4, -0.2) is 25.4 Å². The van der Waals surface area contributed by atoms with Crippen LogP contribution in [0.5, 0.6) is 0 Å². The first-order valence-electron chi connectivity index (χ1n) is 3.34. The van der Waals surface area contributed by atoms with Gasteiger partial charge < -0.3 is 9.47 Å². The van der Waals surface area contributed by atoms with E-state index in [1.807, 2.05) is 0 Å². The van der Waals surface area contributed by atoms with Crippen molar-refractivity contribution >= 4 is 0 Å². The molecule has 0 spiro atoms. The van der Waals surface area contributed by atoms with Crippen molar-refractivity contribution in [2.24, 2.45) is 0 Å². The average Bonchev–Trinajstić information content (AvgIpc) is 1.79. The second-order valence-electron chi connectivity index (χ2n) is 2.38. The Balaban J connectivity index is 2.28. The molecule has 1 saturated heterocycles. The molecule has 0 unspecified atom stereocenters. The molecule has 1 aliphatic rings. The van der Waals surface area contributed by atoms with E-state index in [-0.39, 0.29) is 5.60 Å². The molecule has 1 rings (SSSR count). The van der Waals surface area contributed by atoms with Gasteiger partial charge in [-0.25, -0.2) is 0 Å². The Morgan fingerprint density at radius 3 is 2.44 bits per heavy atom. The molecule has 9 heavy (non-hydrogen) atoms. The third-order valence-electron chi connectivity index (χ3n) is 1.78. The summed E-state index contributed by atoms with van der Waals surface area (Å²) in [5.74, 6) is 0. The Morgan fingerprint density at radius 2 is 2.33 bits per heavy atom. The van der Waals surface area contributed by atoms with Crippen LogP contribution in [0.4, 0.5) is 0 Å². The van der Waals surface area contributed by atoms with Gasteiger partial charge in [-0.3, -0.25) is 0 Å². The van der Waals surface area contributed by atoms with Gasteiger partial charge in [0.1, 0.15) is 5.60 Å². The monoisotopic (exact) mass is 129 g/mol. The first-order valence-corrected chi connectivity index (χ1v) is 3.34. The minimum absolute atomic E-state index is 0.0295. The molecule has 0 aromatic heterocycles. The molecule has 1 radical (unpaired) electrons. The minimum atomic E-state index is 0.0295. The van der Waals surface area contributed by atoms with Crippen LogP contribution in [0.15, 0.2) is 0 Å². The molecule has 0 atom stereocenters.